The second-order valence-electron chi connectivity index (χ2n) is 5.53. The smallest absolute Gasteiger partial charge is 0.192 e. The number of hydrogen-bond acceptors (Lipinski definition) is 4. The lowest BCUT2D eigenvalue weighted by molar-refractivity contribution is 0.717. The molecule has 0 aliphatic rings. The van der Waals surface area contributed by atoms with Crippen LogP contribution < -0.4 is 10.6 Å². The van der Waals surface area contributed by atoms with Gasteiger partial charge in [0.15, 0.2) is 11.8 Å². The second kappa shape index (κ2) is 8.67. The molecule has 0 atom stereocenters. The third-order valence-corrected chi connectivity index (χ3v) is 4.61. The molecule has 2 rings (SSSR count). The first-order valence-electron chi connectivity index (χ1n) is 8.02. The van der Waals surface area contributed by atoms with Crippen molar-refractivity contribution >= 4 is 17.3 Å². The fraction of sp³-hybridized carbons (Fsp3) is 0.562. The van der Waals surface area contributed by atoms with Gasteiger partial charge in [0.1, 0.15) is 12.4 Å². The summed E-state index contributed by atoms with van der Waals surface area (Å²) in [4.78, 5) is 7.27. The Morgan fingerprint density at radius 2 is 2.09 bits per heavy atom. The van der Waals surface area contributed by atoms with Crippen LogP contribution in [0.4, 0.5) is 0 Å². The number of nitrogens with zero attached hydrogens (tertiary/aromatic N) is 4. The molecule has 0 fully saturated rings. The van der Waals surface area contributed by atoms with Crippen LogP contribution in [0.2, 0.25) is 0 Å². The van der Waals surface area contributed by atoms with Gasteiger partial charge in [0.25, 0.3) is 0 Å². The van der Waals surface area contributed by atoms with E-state index in [1.807, 2.05) is 18.5 Å². The molecule has 2 aromatic heterocycles. The van der Waals surface area contributed by atoms with Crippen molar-refractivity contribution in [2.45, 2.75) is 46.7 Å². The van der Waals surface area contributed by atoms with Gasteiger partial charge in [-0.05, 0) is 32.4 Å². The topological polar surface area (TPSA) is 67.1 Å². The van der Waals surface area contributed by atoms with Gasteiger partial charge in [0, 0.05) is 23.3 Å². The number of unbranched alkanes of at least 4 members (excludes halogenated alkanes) is 1. The molecule has 0 amide bonds. The van der Waals surface area contributed by atoms with Gasteiger partial charge in [-0.15, -0.1) is 21.5 Å². The molecule has 0 bridgehead atoms. The molecular weight excluding hydrogens is 308 g/mol. The summed E-state index contributed by atoms with van der Waals surface area (Å²) in [7, 11) is 1.96. The SMILES string of the molecule is CCCCNC(=NCc1nnc(C)n1C)NCc1ccc(C)s1. The summed E-state index contributed by atoms with van der Waals surface area (Å²) in [6, 6.07) is 4.30. The Labute approximate surface area is 142 Å². The van der Waals surface area contributed by atoms with Gasteiger partial charge in [0.05, 0.1) is 6.54 Å². The summed E-state index contributed by atoms with van der Waals surface area (Å²) in [6.07, 6.45) is 2.29. The fourth-order valence-corrected chi connectivity index (χ4v) is 2.88. The Morgan fingerprint density at radius 3 is 2.70 bits per heavy atom. The maximum absolute atomic E-state index is 4.64. The number of aromatic nitrogens is 3. The molecule has 0 aliphatic carbocycles. The van der Waals surface area contributed by atoms with Crippen molar-refractivity contribution in [3.8, 4) is 0 Å². The van der Waals surface area contributed by atoms with Crippen LogP contribution in [-0.2, 0) is 20.1 Å². The Hall–Kier alpha value is -1.89. The lowest BCUT2D eigenvalue weighted by Gasteiger charge is -2.11. The van der Waals surface area contributed by atoms with Crippen LogP contribution in [0.25, 0.3) is 0 Å². The summed E-state index contributed by atoms with van der Waals surface area (Å²) in [5.74, 6) is 2.59. The minimum absolute atomic E-state index is 0.516. The molecule has 0 saturated carbocycles. The highest BCUT2D eigenvalue weighted by molar-refractivity contribution is 7.11. The first kappa shape index (κ1) is 17.5. The molecule has 6 nitrogen and oxygen atoms in total. The lowest BCUT2D eigenvalue weighted by atomic mass is 10.3. The Bertz CT molecular complexity index is 643. The maximum Gasteiger partial charge on any atom is 0.192 e. The summed E-state index contributed by atoms with van der Waals surface area (Å²) in [5.41, 5.74) is 0. The first-order valence-corrected chi connectivity index (χ1v) is 8.84. The molecular formula is C16H26N6S. The fourth-order valence-electron chi connectivity index (χ4n) is 2.05. The van der Waals surface area contributed by atoms with Gasteiger partial charge in [-0.25, -0.2) is 4.99 Å². The van der Waals surface area contributed by atoms with Crippen LogP contribution in [-0.4, -0.2) is 27.3 Å². The van der Waals surface area contributed by atoms with Crippen molar-refractivity contribution < 1.29 is 0 Å². The van der Waals surface area contributed by atoms with Gasteiger partial charge < -0.3 is 15.2 Å². The number of hydrogen-bond donors (Lipinski definition) is 2. The van der Waals surface area contributed by atoms with Crippen LogP contribution in [0.15, 0.2) is 17.1 Å². The van der Waals surface area contributed by atoms with E-state index in [1.165, 1.54) is 9.75 Å². The van der Waals surface area contributed by atoms with E-state index in [2.05, 4.69) is 51.8 Å². The van der Waals surface area contributed by atoms with E-state index in [0.29, 0.717) is 6.54 Å². The predicted octanol–water partition coefficient (Wildman–Crippen LogP) is 2.53. The number of guanidine groups is 1. The van der Waals surface area contributed by atoms with E-state index < -0.39 is 0 Å². The van der Waals surface area contributed by atoms with E-state index in [-0.39, 0.29) is 0 Å². The number of thiophene rings is 1. The average Bonchev–Trinajstić information content (AvgIpc) is 3.09. The van der Waals surface area contributed by atoms with Crippen molar-refractivity contribution in [2.24, 2.45) is 12.0 Å². The Balaban J connectivity index is 1.97. The zero-order chi connectivity index (χ0) is 16.7. The third-order valence-electron chi connectivity index (χ3n) is 3.61. The van der Waals surface area contributed by atoms with E-state index in [1.54, 1.807) is 11.3 Å². The monoisotopic (exact) mass is 334 g/mol. The molecule has 23 heavy (non-hydrogen) atoms. The number of aliphatic imine (C=N–C) groups is 1. The second-order valence-corrected chi connectivity index (χ2v) is 6.91. The maximum atomic E-state index is 4.64. The van der Waals surface area contributed by atoms with Gasteiger partial charge in [0.2, 0.25) is 0 Å². The molecule has 0 saturated heterocycles. The molecule has 2 heterocycles. The van der Waals surface area contributed by atoms with Gasteiger partial charge in [-0.3, -0.25) is 0 Å². The molecule has 0 unspecified atom stereocenters. The highest BCUT2D eigenvalue weighted by Gasteiger charge is 2.05. The van der Waals surface area contributed by atoms with Crippen molar-refractivity contribution in [3.05, 3.63) is 33.5 Å². The van der Waals surface area contributed by atoms with Crippen LogP contribution in [0.5, 0.6) is 0 Å². The summed E-state index contributed by atoms with van der Waals surface area (Å²) in [5, 5.41) is 15.0. The average molecular weight is 334 g/mol. The minimum atomic E-state index is 0.516. The number of nitrogens with one attached hydrogen (secondary N) is 2. The number of rotatable bonds is 7. The van der Waals surface area contributed by atoms with Gasteiger partial charge >= 0.3 is 0 Å². The predicted molar refractivity (Wildman–Crippen MR) is 95.7 cm³/mol. The van der Waals surface area contributed by atoms with Crippen molar-refractivity contribution in [1.29, 1.82) is 0 Å². The van der Waals surface area contributed by atoms with Gasteiger partial charge in [-0.2, -0.15) is 0 Å². The lowest BCUT2D eigenvalue weighted by Crippen LogP contribution is -2.37. The largest absolute Gasteiger partial charge is 0.356 e. The van der Waals surface area contributed by atoms with Crippen molar-refractivity contribution in [3.63, 3.8) is 0 Å². The van der Waals surface area contributed by atoms with E-state index >= 15 is 0 Å². The van der Waals surface area contributed by atoms with E-state index in [4.69, 9.17) is 0 Å². The standard InChI is InChI=1S/C16H26N6S/c1-5-6-9-17-16(18-10-14-8-7-12(2)23-14)19-11-15-21-20-13(3)22(15)4/h7-8H,5-6,9-11H2,1-4H3,(H2,17,18,19). The van der Waals surface area contributed by atoms with Crippen LogP contribution >= 0.6 is 11.3 Å². The summed E-state index contributed by atoms with van der Waals surface area (Å²) in [6.45, 7) is 8.47. The highest BCUT2D eigenvalue weighted by atomic mass is 32.1. The van der Waals surface area contributed by atoms with Crippen LogP contribution in [0, 0.1) is 13.8 Å². The summed E-state index contributed by atoms with van der Waals surface area (Å²) < 4.78 is 1.97. The van der Waals surface area contributed by atoms with E-state index in [9.17, 15) is 0 Å². The minimum Gasteiger partial charge on any atom is -0.356 e. The third kappa shape index (κ3) is 5.35. The highest BCUT2D eigenvalue weighted by Crippen LogP contribution is 2.14. The molecule has 2 N–H and O–H groups in total. The molecule has 7 heteroatoms. The molecule has 2 aromatic rings. The zero-order valence-electron chi connectivity index (χ0n) is 14.4. The van der Waals surface area contributed by atoms with Crippen LogP contribution in [0.1, 0.15) is 41.2 Å². The zero-order valence-corrected chi connectivity index (χ0v) is 15.2. The van der Waals surface area contributed by atoms with Crippen LogP contribution in [0.3, 0.4) is 0 Å². The van der Waals surface area contributed by atoms with Crippen molar-refractivity contribution in [2.75, 3.05) is 6.54 Å². The molecule has 0 radical (unpaired) electrons. The van der Waals surface area contributed by atoms with E-state index in [0.717, 1.165) is 43.5 Å². The quantitative estimate of drug-likeness (QED) is 0.464. The molecule has 0 aliphatic heterocycles. The molecule has 0 spiro atoms. The van der Waals surface area contributed by atoms with Gasteiger partial charge in [-0.1, -0.05) is 13.3 Å². The Kier molecular flexibility index (Phi) is 6.58. The normalized spacial score (nSPS) is 11.7. The molecule has 0 aromatic carbocycles. The number of aryl methyl sites for hydroxylation is 2. The first-order chi connectivity index (χ1) is 11.1. The Morgan fingerprint density at radius 1 is 1.26 bits per heavy atom. The molecule has 126 valence electrons. The summed E-state index contributed by atoms with van der Waals surface area (Å²) >= 11 is 1.81. The van der Waals surface area contributed by atoms with Crippen molar-refractivity contribution in [1.82, 2.24) is 25.4 Å².